The van der Waals surface area contributed by atoms with Gasteiger partial charge in [0.25, 0.3) is 0 Å². The van der Waals surface area contributed by atoms with E-state index in [4.69, 9.17) is 9.57 Å². The summed E-state index contributed by atoms with van der Waals surface area (Å²) in [4.78, 5) is 20.2. The van der Waals surface area contributed by atoms with Gasteiger partial charge in [-0.15, -0.1) is 0 Å². The molecule has 2 unspecified atom stereocenters. The van der Waals surface area contributed by atoms with Crippen LogP contribution in [0.3, 0.4) is 0 Å². The van der Waals surface area contributed by atoms with Crippen LogP contribution in [0.4, 0.5) is 4.79 Å². The highest BCUT2D eigenvalue weighted by atomic mass is 16.8. The number of nitrogens with zero attached hydrogens (tertiary/aromatic N) is 2. The normalized spacial score (nSPS) is 31.7. The van der Waals surface area contributed by atoms with Gasteiger partial charge in [-0.25, -0.2) is 9.63 Å². The van der Waals surface area contributed by atoms with Crippen molar-refractivity contribution >= 4 is 6.03 Å². The Morgan fingerprint density at radius 3 is 2.76 bits per heavy atom. The Kier molecular flexibility index (Phi) is 3.12. The van der Waals surface area contributed by atoms with Gasteiger partial charge in [-0.05, 0) is 25.7 Å². The minimum absolute atomic E-state index is 0.00754. The first-order valence-electron chi connectivity index (χ1n) is 7.71. The molecule has 21 heavy (non-hydrogen) atoms. The van der Waals surface area contributed by atoms with Crippen molar-refractivity contribution in [1.82, 2.24) is 9.96 Å². The lowest BCUT2D eigenvalue weighted by Crippen LogP contribution is -2.53. The molecule has 3 aliphatic heterocycles. The number of rotatable bonds is 1. The topological polar surface area (TPSA) is 45.1 Å². The zero-order chi connectivity index (χ0) is 14.3. The third-order valence-corrected chi connectivity index (χ3v) is 4.78. The van der Waals surface area contributed by atoms with Crippen LogP contribution in [-0.4, -0.2) is 41.3 Å². The molecule has 2 atom stereocenters. The molecule has 3 aliphatic rings. The molecule has 0 radical (unpaired) electrons. The van der Waals surface area contributed by atoms with Gasteiger partial charge in [0.1, 0.15) is 0 Å². The van der Waals surface area contributed by atoms with Crippen LogP contribution in [0.1, 0.15) is 37.5 Å². The number of carbonyl (C=O) groups is 1. The molecule has 3 fully saturated rings. The maximum Gasteiger partial charge on any atom is 0.347 e. The smallest absolute Gasteiger partial charge is 0.347 e. The largest absolute Gasteiger partial charge is 0.379 e. The standard InChI is InChI=1S/C16H20N2O3/c19-15(18-14(21-18)13-6-2-1-3-7-13)17-10-4-8-16(17)9-5-11-20-12-16/h1-3,6-7,14H,4-5,8-12H2. The second-order valence-corrected chi connectivity index (χ2v) is 6.11. The van der Waals surface area contributed by atoms with Crippen molar-refractivity contribution in [2.45, 2.75) is 37.5 Å². The molecule has 4 rings (SSSR count). The van der Waals surface area contributed by atoms with E-state index in [0.29, 0.717) is 6.61 Å². The van der Waals surface area contributed by atoms with Crippen LogP contribution in [0.25, 0.3) is 0 Å². The van der Waals surface area contributed by atoms with Crippen LogP contribution in [0.15, 0.2) is 30.3 Å². The molecule has 5 nitrogen and oxygen atoms in total. The van der Waals surface area contributed by atoms with Crippen LogP contribution in [0, 0.1) is 0 Å². The van der Waals surface area contributed by atoms with Gasteiger partial charge >= 0.3 is 6.03 Å². The third kappa shape index (κ3) is 2.21. The lowest BCUT2D eigenvalue weighted by atomic mass is 9.90. The first-order chi connectivity index (χ1) is 10.3. The number of hydrogen-bond acceptors (Lipinski definition) is 3. The fourth-order valence-corrected chi connectivity index (χ4v) is 3.64. The van der Waals surface area contributed by atoms with Gasteiger partial charge in [0.2, 0.25) is 6.23 Å². The van der Waals surface area contributed by atoms with Gasteiger partial charge in [0.05, 0.1) is 12.1 Å². The van der Waals surface area contributed by atoms with E-state index < -0.39 is 0 Å². The lowest BCUT2D eigenvalue weighted by Gasteiger charge is -2.40. The first kappa shape index (κ1) is 13.1. The Hall–Kier alpha value is -1.59. The molecule has 3 saturated heterocycles. The summed E-state index contributed by atoms with van der Waals surface area (Å²) < 4.78 is 5.65. The Balaban J connectivity index is 1.48. The van der Waals surface area contributed by atoms with Gasteiger partial charge in [-0.1, -0.05) is 30.3 Å². The molecule has 1 aromatic carbocycles. The monoisotopic (exact) mass is 288 g/mol. The van der Waals surface area contributed by atoms with E-state index in [1.165, 1.54) is 5.06 Å². The number of ether oxygens (including phenoxy) is 1. The minimum Gasteiger partial charge on any atom is -0.379 e. The molecule has 2 amide bonds. The van der Waals surface area contributed by atoms with E-state index in [0.717, 1.165) is 44.4 Å². The van der Waals surface area contributed by atoms with Gasteiger partial charge in [0, 0.05) is 18.7 Å². The van der Waals surface area contributed by atoms with Crippen molar-refractivity contribution in [1.29, 1.82) is 0 Å². The van der Waals surface area contributed by atoms with Crippen molar-refractivity contribution in [3.63, 3.8) is 0 Å². The molecule has 0 aliphatic carbocycles. The van der Waals surface area contributed by atoms with Gasteiger partial charge < -0.3 is 9.64 Å². The molecule has 0 saturated carbocycles. The molecular weight excluding hydrogens is 268 g/mol. The number of urea groups is 1. The van der Waals surface area contributed by atoms with Crippen molar-refractivity contribution < 1.29 is 14.4 Å². The number of hydrogen-bond donors (Lipinski definition) is 0. The Morgan fingerprint density at radius 2 is 2.00 bits per heavy atom. The van der Waals surface area contributed by atoms with E-state index in [1.54, 1.807) is 0 Å². The fourth-order valence-electron chi connectivity index (χ4n) is 3.64. The van der Waals surface area contributed by atoms with Crippen LogP contribution in [-0.2, 0) is 9.57 Å². The average molecular weight is 288 g/mol. The average Bonchev–Trinajstić information content (AvgIpc) is 3.25. The number of hydroxylamine groups is 2. The summed E-state index contributed by atoms with van der Waals surface area (Å²) in [5, 5.41) is 1.50. The number of carbonyl (C=O) groups excluding carboxylic acids is 1. The predicted octanol–water partition coefficient (Wildman–Crippen LogP) is 2.70. The minimum atomic E-state index is -0.221. The number of amides is 2. The molecule has 0 aromatic heterocycles. The van der Waals surface area contributed by atoms with Gasteiger partial charge in [0.15, 0.2) is 0 Å². The number of benzene rings is 1. The molecule has 112 valence electrons. The Bertz CT molecular complexity index is 528. The summed E-state index contributed by atoms with van der Waals surface area (Å²) in [6.45, 7) is 2.29. The summed E-state index contributed by atoms with van der Waals surface area (Å²) in [7, 11) is 0. The maximum atomic E-state index is 12.7. The van der Waals surface area contributed by atoms with E-state index >= 15 is 0 Å². The van der Waals surface area contributed by atoms with Gasteiger partial charge in [-0.3, -0.25) is 0 Å². The fraction of sp³-hybridized carbons (Fsp3) is 0.562. The highest BCUT2D eigenvalue weighted by Gasteiger charge is 2.52. The van der Waals surface area contributed by atoms with Crippen LogP contribution < -0.4 is 0 Å². The van der Waals surface area contributed by atoms with Crippen LogP contribution in [0.5, 0.6) is 0 Å². The lowest BCUT2D eigenvalue weighted by molar-refractivity contribution is -0.0197. The molecule has 1 aromatic rings. The third-order valence-electron chi connectivity index (χ3n) is 4.78. The molecular formula is C16H20N2O3. The maximum absolute atomic E-state index is 12.7. The highest BCUT2D eigenvalue weighted by Crippen LogP contribution is 2.43. The zero-order valence-corrected chi connectivity index (χ0v) is 12.0. The highest BCUT2D eigenvalue weighted by molar-refractivity contribution is 5.76. The second-order valence-electron chi connectivity index (χ2n) is 6.11. The predicted molar refractivity (Wildman–Crippen MR) is 76.2 cm³/mol. The van der Waals surface area contributed by atoms with Crippen LogP contribution in [0.2, 0.25) is 0 Å². The summed E-state index contributed by atoms with van der Waals surface area (Å²) >= 11 is 0. The van der Waals surface area contributed by atoms with E-state index in [2.05, 4.69) is 0 Å². The second kappa shape index (κ2) is 5.00. The van der Waals surface area contributed by atoms with E-state index in [1.807, 2.05) is 35.2 Å². The van der Waals surface area contributed by atoms with Gasteiger partial charge in [-0.2, -0.15) is 5.06 Å². The molecule has 3 heterocycles. The molecule has 5 heteroatoms. The summed E-state index contributed by atoms with van der Waals surface area (Å²) in [5.41, 5.74) is 0.932. The van der Waals surface area contributed by atoms with E-state index in [-0.39, 0.29) is 17.8 Å². The van der Waals surface area contributed by atoms with Crippen molar-refractivity contribution in [2.24, 2.45) is 0 Å². The SMILES string of the molecule is O=C(N1OC1c1ccccc1)N1CCCC12CCCOC2. The summed E-state index contributed by atoms with van der Waals surface area (Å²) in [6.07, 6.45) is 3.96. The quantitative estimate of drug-likeness (QED) is 0.746. The molecule has 1 spiro atoms. The number of likely N-dealkylation sites (tertiary alicyclic amines) is 1. The first-order valence-corrected chi connectivity index (χ1v) is 7.71. The Morgan fingerprint density at radius 1 is 1.19 bits per heavy atom. The summed E-state index contributed by atoms with van der Waals surface area (Å²) in [6, 6.07) is 9.86. The summed E-state index contributed by atoms with van der Waals surface area (Å²) in [5.74, 6) is 0. The van der Waals surface area contributed by atoms with Crippen molar-refractivity contribution in [3.05, 3.63) is 35.9 Å². The van der Waals surface area contributed by atoms with Crippen molar-refractivity contribution in [3.8, 4) is 0 Å². The Labute approximate surface area is 124 Å². The zero-order valence-electron chi connectivity index (χ0n) is 12.0. The molecule has 0 N–H and O–H groups in total. The van der Waals surface area contributed by atoms with E-state index in [9.17, 15) is 4.79 Å². The van der Waals surface area contributed by atoms with Crippen molar-refractivity contribution in [2.75, 3.05) is 19.8 Å². The van der Waals surface area contributed by atoms with Crippen LogP contribution >= 0.6 is 0 Å². The molecule has 0 bridgehead atoms.